The second kappa shape index (κ2) is 8.39. The number of hydrogen-bond acceptors (Lipinski definition) is 3. The topological polar surface area (TPSA) is 59.7 Å². The number of nitrogens with one attached hydrogen (secondary N) is 2. The first-order chi connectivity index (χ1) is 12.4. The average molecular weight is 474 g/mol. The number of aromatic nitrogens is 4. The van der Waals surface area contributed by atoms with Gasteiger partial charge in [-0.1, -0.05) is 29.3 Å². The Hall–Kier alpha value is -1.61. The highest BCUT2D eigenvalue weighted by molar-refractivity contribution is 9.10. The molecular weight excluding hydrogens is 459 g/mol. The molecule has 2 heterocycles. The summed E-state index contributed by atoms with van der Waals surface area (Å²) >= 11 is 20.9. The number of aryl methyl sites for hydroxylation is 1. The summed E-state index contributed by atoms with van der Waals surface area (Å²) in [4.78, 5) is 0. The van der Waals surface area contributed by atoms with E-state index < -0.39 is 0 Å². The number of benzene rings is 1. The lowest BCUT2D eigenvalue weighted by Gasteiger charge is -2.09. The molecule has 0 aliphatic carbocycles. The Labute approximate surface area is 174 Å². The SMILES string of the molecule is Cn1ncc(Br)c1CNC(=S)Nc1cnn(Cc2ccc(Cl)cc2Cl)c1. The predicted octanol–water partition coefficient (Wildman–Crippen LogP) is 4.22. The van der Waals surface area contributed by atoms with Crippen molar-refractivity contribution in [2.45, 2.75) is 13.1 Å². The molecule has 1 aromatic carbocycles. The minimum absolute atomic E-state index is 0.502. The Balaban J connectivity index is 1.57. The van der Waals surface area contributed by atoms with E-state index in [2.05, 4.69) is 36.8 Å². The first-order valence-electron chi connectivity index (χ1n) is 7.60. The van der Waals surface area contributed by atoms with E-state index in [4.69, 9.17) is 35.4 Å². The van der Waals surface area contributed by atoms with Crippen LogP contribution in [0, 0.1) is 0 Å². The van der Waals surface area contributed by atoms with E-state index in [1.54, 1.807) is 33.9 Å². The maximum Gasteiger partial charge on any atom is 0.171 e. The fourth-order valence-electron chi connectivity index (χ4n) is 2.31. The van der Waals surface area contributed by atoms with Gasteiger partial charge in [0.1, 0.15) is 0 Å². The molecule has 0 aliphatic heterocycles. The molecule has 0 saturated carbocycles. The van der Waals surface area contributed by atoms with Crippen LogP contribution in [-0.2, 0) is 20.1 Å². The second-order valence-electron chi connectivity index (χ2n) is 5.53. The fraction of sp³-hybridized carbons (Fsp3) is 0.188. The molecule has 0 atom stereocenters. The molecule has 136 valence electrons. The molecule has 0 unspecified atom stereocenters. The van der Waals surface area contributed by atoms with Crippen molar-refractivity contribution < 1.29 is 0 Å². The lowest BCUT2D eigenvalue weighted by molar-refractivity contribution is 0.687. The van der Waals surface area contributed by atoms with Gasteiger partial charge in [-0.3, -0.25) is 9.36 Å². The summed E-state index contributed by atoms with van der Waals surface area (Å²) in [6.45, 7) is 1.09. The van der Waals surface area contributed by atoms with Crippen molar-refractivity contribution >= 4 is 62.1 Å². The highest BCUT2D eigenvalue weighted by Gasteiger charge is 2.08. The van der Waals surface area contributed by atoms with Crippen LogP contribution < -0.4 is 10.6 Å². The van der Waals surface area contributed by atoms with Crippen molar-refractivity contribution in [2.24, 2.45) is 7.05 Å². The van der Waals surface area contributed by atoms with Crippen molar-refractivity contribution in [1.82, 2.24) is 24.9 Å². The third-order valence-corrected chi connectivity index (χ3v) is 5.16. The molecule has 0 aliphatic rings. The molecule has 3 aromatic rings. The van der Waals surface area contributed by atoms with Crippen molar-refractivity contribution in [3.63, 3.8) is 0 Å². The van der Waals surface area contributed by atoms with Crippen LogP contribution in [0.4, 0.5) is 5.69 Å². The summed E-state index contributed by atoms with van der Waals surface area (Å²) in [5.41, 5.74) is 2.73. The van der Waals surface area contributed by atoms with Crippen LogP contribution in [0.25, 0.3) is 0 Å². The van der Waals surface area contributed by atoms with Crippen LogP contribution in [-0.4, -0.2) is 24.7 Å². The zero-order valence-electron chi connectivity index (χ0n) is 13.7. The molecule has 0 spiro atoms. The molecule has 0 amide bonds. The number of thiocarbonyl (C=S) groups is 1. The van der Waals surface area contributed by atoms with Gasteiger partial charge in [0.05, 0.1) is 41.3 Å². The summed E-state index contributed by atoms with van der Waals surface area (Å²) in [5, 5.41) is 16.5. The molecule has 0 bridgehead atoms. The van der Waals surface area contributed by atoms with Gasteiger partial charge in [-0.25, -0.2) is 0 Å². The van der Waals surface area contributed by atoms with Gasteiger partial charge in [-0.05, 0) is 45.8 Å². The summed E-state index contributed by atoms with van der Waals surface area (Å²) < 4.78 is 4.49. The Kier molecular flexibility index (Phi) is 6.18. The van der Waals surface area contributed by atoms with E-state index in [0.717, 1.165) is 21.4 Å². The largest absolute Gasteiger partial charge is 0.357 e. The fourth-order valence-corrected chi connectivity index (χ4v) is 3.46. The standard InChI is InChI=1S/C16H15BrCl2N6S/c1-24-15(13(17)6-21-24)7-20-16(26)23-12-5-22-25(9-12)8-10-2-3-11(18)4-14(10)19/h2-6,9H,7-8H2,1H3,(H2,20,23,26). The Morgan fingerprint density at radius 3 is 2.77 bits per heavy atom. The van der Waals surface area contributed by atoms with E-state index in [-0.39, 0.29) is 0 Å². The van der Waals surface area contributed by atoms with Gasteiger partial charge < -0.3 is 10.6 Å². The molecule has 10 heteroatoms. The summed E-state index contributed by atoms with van der Waals surface area (Å²) in [6.07, 6.45) is 5.32. The summed E-state index contributed by atoms with van der Waals surface area (Å²) in [6, 6.07) is 5.41. The predicted molar refractivity (Wildman–Crippen MR) is 112 cm³/mol. The third kappa shape index (κ3) is 4.76. The van der Waals surface area contributed by atoms with Gasteiger partial charge in [0, 0.05) is 23.3 Å². The number of rotatable bonds is 5. The van der Waals surface area contributed by atoms with Gasteiger partial charge in [-0.15, -0.1) is 0 Å². The number of nitrogens with zero attached hydrogens (tertiary/aromatic N) is 4. The molecule has 0 fully saturated rings. The Bertz CT molecular complexity index is 919. The molecule has 0 saturated heterocycles. The lowest BCUT2D eigenvalue weighted by Crippen LogP contribution is -2.28. The molecule has 3 rings (SSSR count). The van der Waals surface area contributed by atoms with Gasteiger partial charge in [-0.2, -0.15) is 10.2 Å². The lowest BCUT2D eigenvalue weighted by atomic mass is 10.2. The second-order valence-corrected chi connectivity index (χ2v) is 7.64. The third-order valence-electron chi connectivity index (χ3n) is 3.67. The highest BCUT2D eigenvalue weighted by atomic mass is 79.9. The smallest absolute Gasteiger partial charge is 0.171 e. The molecule has 6 nitrogen and oxygen atoms in total. The van der Waals surface area contributed by atoms with E-state index >= 15 is 0 Å². The van der Waals surface area contributed by atoms with E-state index in [1.165, 1.54) is 0 Å². The van der Waals surface area contributed by atoms with Crippen LogP contribution in [0.3, 0.4) is 0 Å². The van der Waals surface area contributed by atoms with Crippen LogP contribution in [0.2, 0.25) is 10.0 Å². The zero-order valence-corrected chi connectivity index (χ0v) is 17.6. The number of halogens is 3. The highest BCUT2D eigenvalue weighted by Crippen LogP contribution is 2.22. The molecule has 26 heavy (non-hydrogen) atoms. The average Bonchev–Trinajstić information content (AvgIpc) is 3.15. The minimum atomic E-state index is 0.502. The Morgan fingerprint density at radius 2 is 2.08 bits per heavy atom. The zero-order chi connectivity index (χ0) is 18.7. The van der Waals surface area contributed by atoms with Gasteiger partial charge in [0.15, 0.2) is 5.11 Å². The van der Waals surface area contributed by atoms with Gasteiger partial charge in [0.25, 0.3) is 0 Å². The maximum atomic E-state index is 6.20. The van der Waals surface area contributed by atoms with Crippen LogP contribution in [0.1, 0.15) is 11.3 Å². The van der Waals surface area contributed by atoms with Crippen molar-refractivity contribution in [3.05, 3.63) is 62.6 Å². The quantitative estimate of drug-likeness (QED) is 0.543. The maximum absolute atomic E-state index is 6.20. The molecule has 2 aromatic heterocycles. The van der Waals surface area contributed by atoms with Crippen molar-refractivity contribution in [2.75, 3.05) is 5.32 Å². The van der Waals surface area contributed by atoms with Crippen molar-refractivity contribution in [3.8, 4) is 0 Å². The molecular formula is C16H15BrCl2N6S. The normalized spacial score (nSPS) is 10.8. The monoisotopic (exact) mass is 472 g/mol. The number of anilines is 1. The van der Waals surface area contributed by atoms with Crippen LogP contribution in [0.15, 0.2) is 41.3 Å². The summed E-state index contributed by atoms with van der Waals surface area (Å²) in [5.74, 6) is 0. The Morgan fingerprint density at radius 1 is 1.27 bits per heavy atom. The van der Waals surface area contributed by atoms with Crippen LogP contribution >= 0.6 is 51.3 Å². The molecule has 0 radical (unpaired) electrons. The number of hydrogen-bond donors (Lipinski definition) is 2. The summed E-state index contributed by atoms with van der Waals surface area (Å²) in [7, 11) is 1.88. The molecule has 2 N–H and O–H groups in total. The van der Waals surface area contributed by atoms with E-state index in [9.17, 15) is 0 Å². The van der Waals surface area contributed by atoms with Gasteiger partial charge >= 0.3 is 0 Å². The van der Waals surface area contributed by atoms with Gasteiger partial charge in [0.2, 0.25) is 0 Å². The van der Waals surface area contributed by atoms with E-state index in [0.29, 0.717) is 28.2 Å². The van der Waals surface area contributed by atoms with Crippen molar-refractivity contribution in [1.29, 1.82) is 0 Å². The van der Waals surface area contributed by atoms with Crippen LogP contribution in [0.5, 0.6) is 0 Å². The van der Waals surface area contributed by atoms with E-state index in [1.807, 2.05) is 19.3 Å². The minimum Gasteiger partial charge on any atom is -0.357 e. The first kappa shape index (κ1) is 19.2. The first-order valence-corrected chi connectivity index (χ1v) is 9.55.